The van der Waals surface area contributed by atoms with E-state index in [9.17, 15) is 0 Å². The average Bonchev–Trinajstić information content (AvgIpc) is 2.27. The van der Waals surface area contributed by atoms with E-state index in [0.717, 1.165) is 11.3 Å². The Morgan fingerprint density at radius 1 is 1.06 bits per heavy atom. The summed E-state index contributed by atoms with van der Waals surface area (Å²) in [5, 5.41) is 0. The molecule has 0 aliphatic carbocycles. The van der Waals surface area contributed by atoms with Crippen LogP contribution in [-0.4, -0.2) is 20.8 Å². The molecule has 0 heterocycles. The first-order chi connectivity index (χ1) is 7.93. The van der Waals surface area contributed by atoms with Gasteiger partial charge >= 0.3 is 0 Å². The Kier molecular flexibility index (Phi) is 4.23. The van der Waals surface area contributed by atoms with Gasteiger partial charge in [0.05, 0.1) is 20.8 Å². The van der Waals surface area contributed by atoms with Crippen molar-refractivity contribution >= 4 is 0 Å². The average molecular weight is 239 g/mol. The van der Waals surface area contributed by atoms with Gasteiger partial charge in [-0.25, -0.2) is 0 Å². The first-order valence-electron chi connectivity index (χ1n) is 5.62. The smallest absolute Gasteiger partial charge is 0.164 e. The molecule has 1 rings (SSSR count). The molecule has 0 saturated carbocycles. The monoisotopic (exact) mass is 239 g/mol. The van der Waals surface area contributed by atoms with E-state index in [1.807, 2.05) is 32.9 Å². The quantitative estimate of drug-likeness (QED) is 0.856. The summed E-state index contributed by atoms with van der Waals surface area (Å²) in [6.07, 6.45) is 0. The first-order valence-corrected chi connectivity index (χ1v) is 5.62. The number of methoxy groups -OCH3 is 2. The van der Waals surface area contributed by atoms with E-state index in [4.69, 9.17) is 19.9 Å². The van der Waals surface area contributed by atoms with Gasteiger partial charge in [0.25, 0.3) is 0 Å². The topological polar surface area (TPSA) is 53.7 Å². The number of rotatable bonds is 5. The Labute approximate surface area is 103 Å². The number of hydrogen-bond donors (Lipinski definition) is 1. The standard InChI is InChI=1S/C13H21NO3/c1-6-17-10-8-12(16-5)11(15-4)7-9(10)13(2,3)14/h7-8H,6,14H2,1-5H3. The van der Waals surface area contributed by atoms with Crippen molar-refractivity contribution < 1.29 is 14.2 Å². The molecule has 1 aromatic rings. The van der Waals surface area contributed by atoms with Gasteiger partial charge < -0.3 is 19.9 Å². The molecule has 0 bridgehead atoms. The molecule has 17 heavy (non-hydrogen) atoms. The van der Waals surface area contributed by atoms with E-state index < -0.39 is 5.54 Å². The predicted octanol–water partition coefficient (Wildman–Crippen LogP) is 2.30. The first kappa shape index (κ1) is 13.6. The molecule has 2 N–H and O–H groups in total. The zero-order valence-electron chi connectivity index (χ0n) is 11.2. The lowest BCUT2D eigenvalue weighted by Gasteiger charge is -2.24. The molecule has 0 fully saturated rings. The molecule has 0 unspecified atom stereocenters. The molecule has 0 aliphatic rings. The summed E-state index contributed by atoms with van der Waals surface area (Å²) >= 11 is 0. The second-order valence-corrected chi connectivity index (χ2v) is 4.36. The normalized spacial score (nSPS) is 11.2. The third kappa shape index (κ3) is 3.03. The molecule has 1 aromatic carbocycles. The van der Waals surface area contributed by atoms with E-state index in [2.05, 4.69) is 0 Å². The van der Waals surface area contributed by atoms with Gasteiger partial charge in [-0.15, -0.1) is 0 Å². The Bertz CT molecular complexity index is 383. The SMILES string of the molecule is CCOc1cc(OC)c(OC)cc1C(C)(C)N. The van der Waals surface area contributed by atoms with Gasteiger partial charge in [-0.1, -0.05) is 0 Å². The number of hydrogen-bond acceptors (Lipinski definition) is 4. The summed E-state index contributed by atoms with van der Waals surface area (Å²) in [5.74, 6) is 2.03. The van der Waals surface area contributed by atoms with Crippen LogP contribution in [0, 0.1) is 0 Å². The fraction of sp³-hybridized carbons (Fsp3) is 0.538. The second-order valence-electron chi connectivity index (χ2n) is 4.36. The summed E-state index contributed by atoms with van der Waals surface area (Å²) in [7, 11) is 3.20. The molecule has 0 amide bonds. The largest absolute Gasteiger partial charge is 0.493 e. The lowest BCUT2D eigenvalue weighted by Crippen LogP contribution is -2.29. The summed E-state index contributed by atoms with van der Waals surface area (Å²) in [4.78, 5) is 0. The van der Waals surface area contributed by atoms with Gasteiger partial charge in [-0.05, 0) is 26.8 Å². The zero-order valence-corrected chi connectivity index (χ0v) is 11.2. The lowest BCUT2D eigenvalue weighted by molar-refractivity contribution is 0.316. The van der Waals surface area contributed by atoms with Crippen LogP contribution >= 0.6 is 0 Å². The highest BCUT2D eigenvalue weighted by atomic mass is 16.5. The summed E-state index contributed by atoms with van der Waals surface area (Å²) in [6, 6.07) is 3.68. The summed E-state index contributed by atoms with van der Waals surface area (Å²) in [6.45, 7) is 6.37. The Hall–Kier alpha value is -1.42. The Balaban J connectivity index is 3.35. The maximum Gasteiger partial charge on any atom is 0.164 e. The van der Waals surface area contributed by atoms with Crippen molar-refractivity contribution in [1.29, 1.82) is 0 Å². The van der Waals surface area contributed by atoms with E-state index in [0.29, 0.717) is 18.1 Å². The molecule has 0 aliphatic heterocycles. The second kappa shape index (κ2) is 5.27. The highest BCUT2D eigenvalue weighted by Crippen LogP contribution is 2.38. The molecule has 96 valence electrons. The van der Waals surface area contributed by atoms with Crippen molar-refractivity contribution in [3.63, 3.8) is 0 Å². The highest BCUT2D eigenvalue weighted by Gasteiger charge is 2.22. The van der Waals surface area contributed by atoms with Crippen LogP contribution in [0.3, 0.4) is 0 Å². The molecular weight excluding hydrogens is 218 g/mol. The highest BCUT2D eigenvalue weighted by molar-refractivity contribution is 5.52. The number of nitrogens with two attached hydrogens (primary N) is 1. The van der Waals surface area contributed by atoms with Crippen LogP contribution in [0.5, 0.6) is 17.2 Å². The van der Waals surface area contributed by atoms with Crippen LogP contribution < -0.4 is 19.9 Å². The maximum atomic E-state index is 6.13. The number of ether oxygens (including phenoxy) is 3. The van der Waals surface area contributed by atoms with Crippen LogP contribution in [0.25, 0.3) is 0 Å². The minimum absolute atomic E-state index is 0.496. The molecule has 0 spiro atoms. The van der Waals surface area contributed by atoms with Gasteiger partial charge in [0.15, 0.2) is 11.5 Å². The Morgan fingerprint density at radius 2 is 1.59 bits per heavy atom. The molecule has 0 radical (unpaired) electrons. The van der Waals surface area contributed by atoms with Crippen molar-refractivity contribution in [3.8, 4) is 17.2 Å². The fourth-order valence-electron chi connectivity index (χ4n) is 1.64. The van der Waals surface area contributed by atoms with Crippen molar-refractivity contribution in [1.82, 2.24) is 0 Å². The van der Waals surface area contributed by atoms with Crippen molar-refractivity contribution in [3.05, 3.63) is 17.7 Å². The minimum Gasteiger partial charge on any atom is -0.493 e. The molecule has 0 saturated heterocycles. The minimum atomic E-state index is -0.496. The molecule has 0 aromatic heterocycles. The molecular formula is C13H21NO3. The Morgan fingerprint density at radius 3 is 2.00 bits per heavy atom. The summed E-state index contributed by atoms with van der Waals surface area (Å²) < 4.78 is 16.1. The van der Waals surface area contributed by atoms with Crippen LogP contribution in [0.2, 0.25) is 0 Å². The number of benzene rings is 1. The summed E-state index contributed by atoms with van der Waals surface area (Å²) in [5.41, 5.74) is 6.53. The van der Waals surface area contributed by atoms with Crippen molar-refractivity contribution in [2.24, 2.45) is 5.73 Å². The fourth-order valence-corrected chi connectivity index (χ4v) is 1.64. The van der Waals surface area contributed by atoms with Crippen molar-refractivity contribution in [2.45, 2.75) is 26.3 Å². The van der Waals surface area contributed by atoms with E-state index in [1.165, 1.54) is 0 Å². The predicted molar refractivity (Wildman–Crippen MR) is 67.9 cm³/mol. The van der Waals surface area contributed by atoms with Crippen LogP contribution in [0.1, 0.15) is 26.3 Å². The van der Waals surface area contributed by atoms with Crippen molar-refractivity contribution in [2.75, 3.05) is 20.8 Å². The molecule has 4 heteroatoms. The van der Waals surface area contributed by atoms with Gasteiger partial charge in [0.2, 0.25) is 0 Å². The zero-order chi connectivity index (χ0) is 13.1. The maximum absolute atomic E-state index is 6.13. The van der Waals surface area contributed by atoms with E-state index in [-0.39, 0.29) is 0 Å². The third-order valence-corrected chi connectivity index (χ3v) is 2.48. The van der Waals surface area contributed by atoms with E-state index in [1.54, 1.807) is 14.2 Å². The van der Waals surface area contributed by atoms with E-state index >= 15 is 0 Å². The third-order valence-electron chi connectivity index (χ3n) is 2.48. The van der Waals surface area contributed by atoms with Gasteiger partial charge in [-0.2, -0.15) is 0 Å². The van der Waals surface area contributed by atoms with Gasteiger partial charge in [-0.3, -0.25) is 0 Å². The van der Waals surface area contributed by atoms with Crippen LogP contribution in [0.4, 0.5) is 0 Å². The van der Waals surface area contributed by atoms with Gasteiger partial charge in [0, 0.05) is 17.2 Å². The van der Waals surface area contributed by atoms with Gasteiger partial charge in [0.1, 0.15) is 5.75 Å². The lowest BCUT2D eigenvalue weighted by atomic mass is 9.94. The van der Waals surface area contributed by atoms with Crippen LogP contribution in [-0.2, 0) is 5.54 Å². The van der Waals surface area contributed by atoms with Crippen LogP contribution in [0.15, 0.2) is 12.1 Å². The molecule has 0 atom stereocenters. The molecule has 4 nitrogen and oxygen atoms in total.